The van der Waals surface area contributed by atoms with Crippen LogP contribution in [0.15, 0.2) is 33.8 Å². The van der Waals surface area contributed by atoms with Crippen LogP contribution in [0.25, 0.3) is 0 Å². The second-order valence-corrected chi connectivity index (χ2v) is 7.05. The van der Waals surface area contributed by atoms with Crippen LogP contribution in [0.4, 0.5) is 0 Å². The minimum Gasteiger partial charge on any atom is -0.350 e. The van der Waals surface area contributed by atoms with E-state index in [1.165, 1.54) is 0 Å². The first-order chi connectivity index (χ1) is 11.3. The highest BCUT2D eigenvalue weighted by Gasteiger charge is 2.21. The van der Waals surface area contributed by atoms with E-state index >= 15 is 0 Å². The molecule has 1 heterocycles. The molecule has 2 aromatic rings. The van der Waals surface area contributed by atoms with Crippen molar-refractivity contribution in [3.63, 3.8) is 0 Å². The number of aliphatic imine (C=N–C) groups is 1. The van der Waals surface area contributed by atoms with Crippen LogP contribution in [-0.2, 0) is 12.0 Å². The van der Waals surface area contributed by atoms with Crippen molar-refractivity contribution >= 4 is 41.5 Å². The zero-order valence-electron chi connectivity index (χ0n) is 15.1. The van der Waals surface area contributed by atoms with Crippen LogP contribution in [-0.4, -0.2) is 23.1 Å². The van der Waals surface area contributed by atoms with Crippen molar-refractivity contribution in [2.24, 2.45) is 4.99 Å². The molecular formula is C17H25ClIN5O. The lowest BCUT2D eigenvalue weighted by atomic mass is 9.97. The highest BCUT2D eigenvalue weighted by Crippen LogP contribution is 2.19. The molecule has 2 N–H and O–H groups in total. The Hall–Kier alpha value is -1.35. The third-order valence-electron chi connectivity index (χ3n) is 3.45. The van der Waals surface area contributed by atoms with Crippen LogP contribution in [0.3, 0.4) is 0 Å². The van der Waals surface area contributed by atoms with Gasteiger partial charge in [-0.15, -0.1) is 24.0 Å². The van der Waals surface area contributed by atoms with Crippen molar-refractivity contribution in [1.82, 2.24) is 20.8 Å². The van der Waals surface area contributed by atoms with E-state index < -0.39 is 0 Å². The Labute approximate surface area is 170 Å². The molecule has 0 radical (unpaired) electrons. The van der Waals surface area contributed by atoms with E-state index in [0.29, 0.717) is 29.2 Å². The molecule has 0 aliphatic rings. The van der Waals surface area contributed by atoms with Crippen molar-refractivity contribution in [2.75, 3.05) is 7.05 Å². The molecular weight excluding hydrogens is 453 g/mol. The molecule has 0 fully saturated rings. The van der Waals surface area contributed by atoms with Gasteiger partial charge in [-0.3, -0.25) is 4.99 Å². The zero-order valence-corrected chi connectivity index (χ0v) is 18.2. The maximum absolute atomic E-state index is 6.04. The molecule has 6 nitrogen and oxygen atoms in total. The van der Waals surface area contributed by atoms with Gasteiger partial charge in [0, 0.05) is 17.5 Å². The number of nitrogens with zero attached hydrogens (tertiary/aromatic N) is 3. The molecule has 25 heavy (non-hydrogen) atoms. The van der Waals surface area contributed by atoms with Crippen LogP contribution in [0.1, 0.15) is 51.0 Å². The summed E-state index contributed by atoms with van der Waals surface area (Å²) in [7, 11) is 1.72. The lowest BCUT2D eigenvalue weighted by Gasteiger charge is -2.18. The van der Waals surface area contributed by atoms with Gasteiger partial charge in [0.05, 0.1) is 12.6 Å². The van der Waals surface area contributed by atoms with Crippen molar-refractivity contribution in [1.29, 1.82) is 0 Å². The SMILES string of the molecule is CN=C(NCc1noc(C(C)(C)C)n1)NC(C)c1cccc(Cl)c1.I. The molecule has 138 valence electrons. The normalized spacial score (nSPS) is 13.1. The summed E-state index contributed by atoms with van der Waals surface area (Å²) in [6, 6.07) is 7.80. The summed E-state index contributed by atoms with van der Waals surface area (Å²) < 4.78 is 5.28. The Kier molecular flexibility index (Phi) is 8.14. The van der Waals surface area contributed by atoms with Gasteiger partial charge in [0.1, 0.15) is 0 Å². The summed E-state index contributed by atoms with van der Waals surface area (Å²) >= 11 is 6.04. The third kappa shape index (κ3) is 6.47. The lowest BCUT2D eigenvalue weighted by molar-refractivity contribution is 0.318. The molecule has 1 unspecified atom stereocenters. The van der Waals surface area contributed by atoms with Gasteiger partial charge >= 0.3 is 0 Å². The Morgan fingerprint density at radius 3 is 2.64 bits per heavy atom. The summed E-state index contributed by atoms with van der Waals surface area (Å²) in [4.78, 5) is 8.62. The van der Waals surface area contributed by atoms with Gasteiger partial charge in [-0.25, -0.2) is 0 Å². The second kappa shape index (κ2) is 9.38. The predicted octanol–water partition coefficient (Wildman–Crippen LogP) is 4.06. The first kappa shape index (κ1) is 21.7. The molecule has 2 rings (SSSR count). The summed E-state index contributed by atoms with van der Waals surface area (Å²) in [6.45, 7) is 8.58. The van der Waals surface area contributed by atoms with E-state index in [1.807, 2.05) is 52.0 Å². The molecule has 0 amide bonds. The van der Waals surface area contributed by atoms with Crippen LogP contribution in [0.5, 0.6) is 0 Å². The van der Waals surface area contributed by atoms with E-state index in [2.05, 4.69) is 25.8 Å². The first-order valence-electron chi connectivity index (χ1n) is 7.85. The fourth-order valence-electron chi connectivity index (χ4n) is 2.05. The van der Waals surface area contributed by atoms with Gasteiger partial charge in [0.2, 0.25) is 5.89 Å². The summed E-state index contributed by atoms with van der Waals surface area (Å²) in [5.74, 6) is 1.87. The Bertz CT molecular complexity index is 711. The molecule has 0 bridgehead atoms. The van der Waals surface area contributed by atoms with E-state index in [1.54, 1.807) is 7.05 Å². The average Bonchev–Trinajstić information content (AvgIpc) is 3.00. The quantitative estimate of drug-likeness (QED) is 0.394. The highest BCUT2D eigenvalue weighted by molar-refractivity contribution is 14.0. The van der Waals surface area contributed by atoms with Crippen molar-refractivity contribution in [3.05, 3.63) is 46.6 Å². The number of guanidine groups is 1. The Morgan fingerprint density at radius 1 is 1.36 bits per heavy atom. The molecule has 0 saturated carbocycles. The average molecular weight is 478 g/mol. The number of aromatic nitrogens is 2. The summed E-state index contributed by atoms with van der Waals surface area (Å²) in [5.41, 5.74) is 0.923. The van der Waals surface area contributed by atoms with Gasteiger partial charge < -0.3 is 15.2 Å². The van der Waals surface area contributed by atoms with Crippen LogP contribution in [0, 0.1) is 0 Å². The minimum absolute atomic E-state index is 0. The van der Waals surface area contributed by atoms with Gasteiger partial charge in [-0.05, 0) is 24.6 Å². The maximum atomic E-state index is 6.04. The topological polar surface area (TPSA) is 75.3 Å². The predicted molar refractivity (Wildman–Crippen MR) is 112 cm³/mol. The van der Waals surface area contributed by atoms with Gasteiger partial charge in [-0.1, -0.05) is 49.7 Å². The number of rotatable bonds is 4. The van der Waals surface area contributed by atoms with Crippen molar-refractivity contribution in [2.45, 2.75) is 45.7 Å². The fourth-order valence-corrected chi connectivity index (χ4v) is 2.25. The summed E-state index contributed by atoms with van der Waals surface area (Å²) in [5, 5.41) is 11.2. The molecule has 0 saturated heterocycles. The smallest absolute Gasteiger partial charge is 0.232 e. The van der Waals surface area contributed by atoms with Gasteiger partial charge in [0.25, 0.3) is 0 Å². The van der Waals surface area contributed by atoms with E-state index in [4.69, 9.17) is 16.1 Å². The molecule has 0 spiro atoms. The van der Waals surface area contributed by atoms with Crippen LogP contribution < -0.4 is 10.6 Å². The largest absolute Gasteiger partial charge is 0.350 e. The van der Waals surface area contributed by atoms with E-state index in [9.17, 15) is 0 Å². The zero-order chi connectivity index (χ0) is 17.7. The molecule has 8 heteroatoms. The van der Waals surface area contributed by atoms with E-state index in [0.717, 1.165) is 5.56 Å². The standard InChI is InChI=1S/C17H24ClN5O.HI/c1-11(12-7-6-8-13(18)9-12)21-16(19-5)20-10-14-22-15(24-23-14)17(2,3)4;/h6-9,11H,10H2,1-5H3,(H2,19,20,21);1H. The third-order valence-corrected chi connectivity index (χ3v) is 3.68. The lowest BCUT2D eigenvalue weighted by Crippen LogP contribution is -2.38. The molecule has 1 aromatic heterocycles. The number of hydrogen-bond donors (Lipinski definition) is 2. The second-order valence-electron chi connectivity index (χ2n) is 6.61. The molecule has 1 atom stereocenters. The highest BCUT2D eigenvalue weighted by atomic mass is 127. The van der Waals surface area contributed by atoms with Crippen molar-refractivity contribution in [3.8, 4) is 0 Å². The molecule has 1 aromatic carbocycles. The number of nitrogens with one attached hydrogen (secondary N) is 2. The number of benzene rings is 1. The number of halogens is 2. The van der Waals surface area contributed by atoms with Crippen LogP contribution >= 0.6 is 35.6 Å². The first-order valence-corrected chi connectivity index (χ1v) is 8.23. The van der Waals surface area contributed by atoms with Gasteiger partial charge in [-0.2, -0.15) is 4.98 Å². The maximum Gasteiger partial charge on any atom is 0.232 e. The fraction of sp³-hybridized carbons (Fsp3) is 0.471. The molecule has 0 aliphatic heterocycles. The monoisotopic (exact) mass is 477 g/mol. The van der Waals surface area contributed by atoms with Gasteiger partial charge in [0.15, 0.2) is 11.8 Å². The Morgan fingerprint density at radius 2 is 2.08 bits per heavy atom. The van der Waals surface area contributed by atoms with Crippen molar-refractivity contribution < 1.29 is 4.52 Å². The minimum atomic E-state index is -0.160. The molecule has 0 aliphatic carbocycles. The Balaban J connectivity index is 0.00000312. The number of hydrogen-bond acceptors (Lipinski definition) is 4. The summed E-state index contributed by atoms with van der Waals surface area (Å²) in [6.07, 6.45) is 0. The van der Waals surface area contributed by atoms with E-state index in [-0.39, 0.29) is 35.4 Å². The van der Waals surface area contributed by atoms with Crippen LogP contribution in [0.2, 0.25) is 5.02 Å².